The maximum absolute atomic E-state index is 5.15. The first-order chi connectivity index (χ1) is 9.15. The molecule has 0 radical (unpaired) electrons. The lowest BCUT2D eigenvalue weighted by Gasteiger charge is -2.08. The Bertz CT molecular complexity index is 541. The fourth-order valence-electron chi connectivity index (χ4n) is 2.44. The number of hydrogen-bond donors (Lipinski definition) is 1. The summed E-state index contributed by atoms with van der Waals surface area (Å²) in [6.07, 6.45) is 0. The monoisotopic (exact) mass is 258 g/mol. The zero-order chi connectivity index (χ0) is 13.8. The Hall–Kier alpha value is -1.90. The van der Waals surface area contributed by atoms with Crippen LogP contribution in [-0.2, 0) is 13.1 Å². The van der Waals surface area contributed by atoms with Gasteiger partial charge in [0.2, 0.25) is 0 Å². The molecule has 2 rings (SSSR count). The van der Waals surface area contributed by atoms with Crippen molar-refractivity contribution >= 4 is 5.69 Å². The van der Waals surface area contributed by atoms with E-state index in [1.807, 2.05) is 24.3 Å². The second kappa shape index (κ2) is 5.83. The second-order valence-electron chi connectivity index (χ2n) is 4.72. The van der Waals surface area contributed by atoms with E-state index >= 15 is 0 Å². The molecule has 0 aliphatic rings. The first-order valence-corrected chi connectivity index (χ1v) is 6.69. The van der Waals surface area contributed by atoms with Crippen LogP contribution in [0.3, 0.4) is 0 Å². The molecule has 0 amide bonds. The Labute approximate surface area is 115 Å². The summed E-state index contributed by atoms with van der Waals surface area (Å²) in [5, 5.41) is 3.45. The lowest BCUT2D eigenvalue weighted by atomic mass is 10.2. The summed E-state index contributed by atoms with van der Waals surface area (Å²) in [6, 6.07) is 10.3. The van der Waals surface area contributed by atoms with Crippen LogP contribution in [0.2, 0.25) is 0 Å². The minimum Gasteiger partial charge on any atom is -0.497 e. The summed E-state index contributed by atoms with van der Waals surface area (Å²) in [6.45, 7) is 8.40. The molecule has 1 aromatic heterocycles. The van der Waals surface area contributed by atoms with Crippen LogP contribution in [-0.4, -0.2) is 11.7 Å². The van der Waals surface area contributed by atoms with Gasteiger partial charge in [-0.05, 0) is 56.7 Å². The average molecular weight is 258 g/mol. The number of nitrogens with one attached hydrogen (secondary N) is 1. The predicted octanol–water partition coefficient (Wildman–Crippen LogP) is 3.75. The van der Waals surface area contributed by atoms with Gasteiger partial charge in [0.25, 0.3) is 0 Å². The van der Waals surface area contributed by atoms with Crippen LogP contribution in [0.25, 0.3) is 0 Å². The third-order valence-corrected chi connectivity index (χ3v) is 3.57. The fraction of sp³-hybridized carbons (Fsp3) is 0.375. The van der Waals surface area contributed by atoms with Crippen molar-refractivity contribution in [3.05, 3.63) is 47.3 Å². The van der Waals surface area contributed by atoms with Crippen LogP contribution in [0.5, 0.6) is 5.75 Å². The summed E-state index contributed by atoms with van der Waals surface area (Å²) < 4.78 is 7.49. The Morgan fingerprint density at radius 2 is 1.84 bits per heavy atom. The number of methoxy groups -OCH3 is 1. The summed E-state index contributed by atoms with van der Waals surface area (Å²) in [5.41, 5.74) is 5.14. The number of rotatable bonds is 5. The first-order valence-electron chi connectivity index (χ1n) is 6.69. The minimum atomic E-state index is 0.853. The highest BCUT2D eigenvalue weighted by Gasteiger charge is 2.07. The van der Waals surface area contributed by atoms with Gasteiger partial charge in [-0.15, -0.1) is 0 Å². The maximum Gasteiger partial charge on any atom is 0.119 e. The van der Waals surface area contributed by atoms with Crippen LogP contribution in [0.4, 0.5) is 5.69 Å². The molecule has 1 N–H and O–H groups in total. The normalized spacial score (nSPS) is 10.5. The molecule has 0 saturated heterocycles. The smallest absolute Gasteiger partial charge is 0.119 e. The van der Waals surface area contributed by atoms with Crippen LogP contribution in [0, 0.1) is 13.8 Å². The summed E-state index contributed by atoms with van der Waals surface area (Å²) >= 11 is 0. The van der Waals surface area contributed by atoms with Gasteiger partial charge in [-0.1, -0.05) is 0 Å². The second-order valence-corrected chi connectivity index (χ2v) is 4.72. The topological polar surface area (TPSA) is 26.2 Å². The fourth-order valence-corrected chi connectivity index (χ4v) is 2.44. The highest BCUT2D eigenvalue weighted by atomic mass is 16.5. The minimum absolute atomic E-state index is 0.853. The SMILES string of the molecule is CCn1c(C)cc(CNc2ccc(OC)cc2)c1C. The van der Waals surface area contributed by atoms with Crippen molar-refractivity contribution in [3.63, 3.8) is 0 Å². The molecule has 3 heteroatoms. The van der Waals surface area contributed by atoms with Gasteiger partial charge >= 0.3 is 0 Å². The molecule has 1 heterocycles. The van der Waals surface area contributed by atoms with Gasteiger partial charge in [-0.3, -0.25) is 0 Å². The van der Waals surface area contributed by atoms with Gasteiger partial charge < -0.3 is 14.6 Å². The summed E-state index contributed by atoms with van der Waals surface area (Å²) in [5.74, 6) is 0.884. The van der Waals surface area contributed by atoms with Crippen molar-refractivity contribution in [1.82, 2.24) is 4.57 Å². The van der Waals surface area contributed by atoms with Crippen molar-refractivity contribution in [2.24, 2.45) is 0 Å². The number of benzene rings is 1. The molecule has 19 heavy (non-hydrogen) atoms. The number of nitrogens with zero attached hydrogens (tertiary/aromatic N) is 1. The van der Waals surface area contributed by atoms with Gasteiger partial charge in [0.15, 0.2) is 0 Å². The highest BCUT2D eigenvalue weighted by molar-refractivity contribution is 5.47. The quantitative estimate of drug-likeness (QED) is 0.884. The van der Waals surface area contributed by atoms with Crippen LogP contribution >= 0.6 is 0 Å². The molecule has 0 unspecified atom stereocenters. The van der Waals surface area contributed by atoms with Gasteiger partial charge in [0.05, 0.1) is 7.11 Å². The molecule has 102 valence electrons. The molecular weight excluding hydrogens is 236 g/mol. The van der Waals surface area contributed by atoms with Crippen molar-refractivity contribution in [2.45, 2.75) is 33.9 Å². The van der Waals surface area contributed by atoms with E-state index in [1.54, 1.807) is 7.11 Å². The molecule has 0 fully saturated rings. The third kappa shape index (κ3) is 2.92. The number of aromatic nitrogens is 1. The molecule has 0 atom stereocenters. The van der Waals surface area contributed by atoms with E-state index in [-0.39, 0.29) is 0 Å². The number of anilines is 1. The van der Waals surface area contributed by atoms with Gasteiger partial charge in [0.1, 0.15) is 5.75 Å². The van der Waals surface area contributed by atoms with Crippen LogP contribution < -0.4 is 10.1 Å². The highest BCUT2D eigenvalue weighted by Crippen LogP contribution is 2.19. The maximum atomic E-state index is 5.15. The van der Waals surface area contributed by atoms with Crippen LogP contribution in [0.15, 0.2) is 30.3 Å². The molecule has 0 spiro atoms. The Morgan fingerprint density at radius 1 is 1.16 bits per heavy atom. The lowest BCUT2D eigenvalue weighted by Crippen LogP contribution is -2.03. The van der Waals surface area contributed by atoms with Crippen molar-refractivity contribution in [1.29, 1.82) is 0 Å². The van der Waals surface area contributed by atoms with Crippen molar-refractivity contribution in [3.8, 4) is 5.75 Å². The zero-order valence-electron chi connectivity index (χ0n) is 12.2. The predicted molar refractivity (Wildman–Crippen MR) is 79.9 cm³/mol. The third-order valence-electron chi connectivity index (χ3n) is 3.57. The Balaban J connectivity index is 2.05. The van der Waals surface area contributed by atoms with Gasteiger partial charge in [-0.2, -0.15) is 0 Å². The summed E-state index contributed by atoms with van der Waals surface area (Å²) in [7, 11) is 1.68. The van der Waals surface area contributed by atoms with E-state index in [1.165, 1.54) is 17.0 Å². The van der Waals surface area contributed by atoms with Crippen molar-refractivity contribution in [2.75, 3.05) is 12.4 Å². The molecule has 0 aliphatic carbocycles. The van der Waals surface area contributed by atoms with Crippen LogP contribution in [0.1, 0.15) is 23.9 Å². The van der Waals surface area contributed by atoms with Gasteiger partial charge in [-0.25, -0.2) is 0 Å². The van der Waals surface area contributed by atoms with E-state index in [2.05, 4.69) is 36.7 Å². The Kier molecular flexibility index (Phi) is 4.15. The first kappa shape index (κ1) is 13.5. The molecule has 0 aliphatic heterocycles. The van der Waals surface area contributed by atoms with E-state index < -0.39 is 0 Å². The standard InChI is InChI=1S/C16H22N2O/c1-5-18-12(2)10-14(13(18)3)11-17-15-6-8-16(19-4)9-7-15/h6-10,17H,5,11H2,1-4H3. The zero-order valence-corrected chi connectivity index (χ0v) is 12.2. The molecule has 1 aromatic carbocycles. The van der Waals surface area contributed by atoms with Crippen molar-refractivity contribution < 1.29 is 4.74 Å². The number of ether oxygens (including phenoxy) is 1. The van der Waals surface area contributed by atoms with E-state index in [0.717, 1.165) is 24.5 Å². The van der Waals surface area contributed by atoms with Gasteiger partial charge in [0, 0.05) is 30.2 Å². The molecule has 0 bridgehead atoms. The Morgan fingerprint density at radius 3 is 2.37 bits per heavy atom. The number of aryl methyl sites for hydroxylation is 1. The molecule has 3 nitrogen and oxygen atoms in total. The van der Waals surface area contributed by atoms with E-state index in [4.69, 9.17) is 4.74 Å². The van der Waals surface area contributed by atoms with E-state index in [9.17, 15) is 0 Å². The average Bonchev–Trinajstić information content (AvgIpc) is 2.71. The molecular formula is C16H22N2O. The molecule has 0 saturated carbocycles. The molecule has 2 aromatic rings. The van der Waals surface area contributed by atoms with E-state index in [0.29, 0.717) is 0 Å². The lowest BCUT2D eigenvalue weighted by molar-refractivity contribution is 0.415. The number of hydrogen-bond acceptors (Lipinski definition) is 2. The largest absolute Gasteiger partial charge is 0.497 e. The summed E-state index contributed by atoms with van der Waals surface area (Å²) in [4.78, 5) is 0.